The Bertz CT molecular complexity index is 408. The molecule has 7 heteroatoms. The van der Waals surface area contributed by atoms with Gasteiger partial charge in [0.05, 0.1) is 18.5 Å². The zero-order valence-electron chi connectivity index (χ0n) is 10.3. The highest BCUT2D eigenvalue weighted by Crippen LogP contribution is 2.05. The van der Waals surface area contributed by atoms with E-state index < -0.39 is 6.10 Å². The van der Waals surface area contributed by atoms with Gasteiger partial charge in [-0.2, -0.15) is 0 Å². The van der Waals surface area contributed by atoms with Gasteiger partial charge in [0.25, 0.3) is 5.91 Å². The van der Waals surface area contributed by atoms with Crippen LogP contribution in [0.2, 0.25) is 0 Å². The van der Waals surface area contributed by atoms with Crippen molar-refractivity contribution in [2.45, 2.75) is 6.10 Å². The number of rotatable bonds is 2. The molecule has 1 saturated heterocycles. The lowest BCUT2D eigenvalue weighted by atomic mass is 10.3. The fraction of sp³-hybridized carbons (Fsp3) is 0.545. The van der Waals surface area contributed by atoms with Crippen LogP contribution in [0, 0.1) is 0 Å². The lowest BCUT2D eigenvalue weighted by Gasteiger charge is -2.21. The third-order valence-electron chi connectivity index (χ3n) is 2.78. The van der Waals surface area contributed by atoms with Crippen LogP contribution >= 0.6 is 0 Å². The number of hydrogen-bond acceptors (Lipinski definition) is 6. The van der Waals surface area contributed by atoms with Crippen LogP contribution in [0.4, 0.5) is 5.82 Å². The summed E-state index contributed by atoms with van der Waals surface area (Å²) in [6.45, 7) is 2.06. The molecule has 98 valence electrons. The molecular weight excluding hydrogens is 234 g/mol. The van der Waals surface area contributed by atoms with Crippen LogP contribution in [0.3, 0.4) is 0 Å². The number of carbonyl (C=O) groups is 1. The van der Waals surface area contributed by atoms with Crippen LogP contribution in [-0.4, -0.2) is 65.2 Å². The lowest BCUT2D eigenvalue weighted by Crippen LogP contribution is -2.38. The van der Waals surface area contributed by atoms with Crippen molar-refractivity contribution in [3.63, 3.8) is 0 Å². The van der Waals surface area contributed by atoms with Crippen LogP contribution in [0.15, 0.2) is 12.4 Å². The number of aliphatic hydroxyl groups excluding tert-OH is 1. The van der Waals surface area contributed by atoms with Crippen molar-refractivity contribution < 1.29 is 9.90 Å². The van der Waals surface area contributed by atoms with Crippen molar-refractivity contribution in [1.29, 1.82) is 0 Å². The van der Waals surface area contributed by atoms with E-state index in [0.29, 0.717) is 37.7 Å². The minimum atomic E-state index is -0.541. The van der Waals surface area contributed by atoms with Crippen LogP contribution in [-0.2, 0) is 0 Å². The number of β-amino-alcohol motifs (C(OH)–C–C–N with tert-alkyl or cyclic N) is 1. The molecule has 0 aliphatic carbocycles. The molecule has 18 heavy (non-hydrogen) atoms. The number of nitrogens with zero attached hydrogens (tertiary/aromatic N) is 3. The summed E-state index contributed by atoms with van der Waals surface area (Å²) in [6, 6.07) is 0. The second-order valence-electron chi connectivity index (χ2n) is 4.15. The Kier molecular flexibility index (Phi) is 4.06. The predicted molar refractivity (Wildman–Crippen MR) is 66.4 cm³/mol. The minimum absolute atomic E-state index is 0.201. The van der Waals surface area contributed by atoms with Gasteiger partial charge in [0.1, 0.15) is 11.5 Å². The fourth-order valence-corrected chi connectivity index (χ4v) is 1.81. The van der Waals surface area contributed by atoms with Gasteiger partial charge in [-0.05, 0) is 0 Å². The minimum Gasteiger partial charge on any atom is -0.390 e. The van der Waals surface area contributed by atoms with E-state index in [9.17, 15) is 9.90 Å². The van der Waals surface area contributed by atoms with E-state index in [1.54, 1.807) is 11.9 Å². The van der Waals surface area contributed by atoms with Gasteiger partial charge in [0.2, 0.25) is 0 Å². The Balaban J connectivity index is 2.08. The van der Waals surface area contributed by atoms with E-state index in [1.165, 1.54) is 12.4 Å². The predicted octanol–water partition coefficient (Wildman–Crippen LogP) is -1.08. The molecule has 1 unspecified atom stereocenters. The second kappa shape index (κ2) is 5.74. The number of aromatic nitrogens is 2. The SMILES string of the molecule is CNc1cnc(C(=O)N2CCNCC(O)C2)cn1. The topological polar surface area (TPSA) is 90.4 Å². The van der Waals surface area contributed by atoms with E-state index in [1.807, 2.05) is 0 Å². The molecule has 0 spiro atoms. The molecule has 0 bridgehead atoms. The molecule has 2 heterocycles. The van der Waals surface area contributed by atoms with E-state index in [4.69, 9.17) is 0 Å². The molecule has 0 aromatic carbocycles. The molecule has 1 aromatic rings. The van der Waals surface area contributed by atoms with Crippen molar-refractivity contribution in [2.75, 3.05) is 38.5 Å². The van der Waals surface area contributed by atoms with Crippen molar-refractivity contribution in [3.05, 3.63) is 18.1 Å². The number of aliphatic hydroxyl groups is 1. The van der Waals surface area contributed by atoms with Crippen molar-refractivity contribution in [2.24, 2.45) is 0 Å². The summed E-state index contributed by atoms with van der Waals surface area (Å²) in [4.78, 5) is 21.9. The Morgan fingerprint density at radius 1 is 1.56 bits per heavy atom. The Morgan fingerprint density at radius 2 is 2.39 bits per heavy atom. The third-order valence-corrected chi connectivity index (χ3v) is 2.78. The monoisotopic (exact) mass is 251 g/mol. The Hall–Kier alpha value is -1.73. The van der Waals surface area contributed by atoms with E-state index >= 15 is 0 Å². The smallest absolute Gasteiger partial charge is 0.274 e. The first kappa shape index (κ1) is 12.7. The first-order valence-electron chi connectivity index (χ1n) is 5.88. The zero-order valence-corrected chi connectivity index (χ0v) is 10.3. The van der Waals surface area contributed by atoms with Gasteiger partial charge in [0, 0.05) is 33.2 Å². The molecule has 1 aromatic heterocycles. The van der Waals surface area contributed by atoms with E-state index in [0.717, 1.165) is 0 Å². The quantitative estimate of drug-likeness (QED) is 0.620. The summed E-state index contributed by atoms with van der Waals surface area (Å²) in [5.41, 5.74) is 0.295. The van der Waals surface area contributed by atoms with Crippen LogP contribution < -0.4 is 10.6 Å². The number of amides is 1. The zero-order chi connectivity index (χ0) is 13.0. The molecule has 1 atom stereocenters. The largest absolute Gasteiger partial charge is 0.390 e. The molecule has 7 nitrogen and oxygen atoms in total. The average Bonchev–Trinajstić information content (AvgIpc) is 2.63. The molecule has 0 radical (unpaired) electrons. The highest BCUT2D eigenvalue weighted by Gasteiger charge is 2.22. The Labute approximate surface area is 105 Å². The first-order valence-corrected chi connectivity index (χ1v) is 5.88. The maximum absolute atomic E-state index is 12.2. The van der Waals surface area contributed by atoms with Crippen molar-refractivity contribution in [1.82, 2.24) is 20.2 Å². The maximum atomic E-state index is 12.2. The molecular formula is C11H17N5O2. The number of carbonyl (C=O) groups excluding carboxylic acids is 1. The molecule has 1 amide bonds. The summed E-state index contributed by atoms with van der Waals surface area (Å²) >= 11 is 0. The Morgan fingerprint density at radius 3 is 3.06 bits per heavy atom. The van der Waals surface area contributed by atoms with Gasteiger partial charge in [-0.25, -0.2) is 9.97 Å². The van der Waals surface area contributed by atoms with Crippen molar-refractivity contribution in [3.8, 4) is 0 Å². The maximum Gasteiger partial charge on any atom is 0.274 e. The van der Waals surface area contributed by atoms with Gasteiger partial charge < -0.3 is 20.6 Å². The van der Waals surface area contributed by atoms with Crippen LogP contribution in [0.5, 0.6) is 0 Å². The highest BCUT2D eigenvalue weighted by atomic mass is 16.3. The highest BCUT2D eigenvalue weighted by molar-refractivity contribution is 5.92. The van der Waals surface area contributed by atoms with Gasteiger partial charge >= 0.3 is 0 Å². The summed E-state index contributed by atoms with van der Waals surface area (Å²) in [6.07, 6.45) is 2.42. The standard InChI is InChI=1S/C11H17N5O2/c1-12-10-6-14-9(5-15-10)11(18)16-3-2-13-4-8(17)7-16/h5-6,8,13,17H,2-4,7H2,1H3,(H,12,15). The molecule has 1 aliphatic rings. The molecule has 0 saturated carbocycles. The number of hydrogen-bond donors (Lipinski definition) is 3. The molecule has 1 aliphatic heterocycles. The van der Waals surface area contributed by atoms with E-state index in [2.05, 4.69) is 20.6 Å². The molecule has 2 rings (SSSR count). The lowest BCUT2D eigenvalue weighted by molar-refractivity contribution is 0.0667. The van der Waals surface area contributed by atoms with Crippen LogP contribution in [0.25, 0.3) is 0 Å². The van der Waals surface area contributed by atoms with Gasteiger partial charge in [-0.3, -0.25) is 4.79 Å². The van der Waals surface area contributed by atoms with Gasteiger partial charge in [-0.15, -0.1) is 0 Å². The molecule has 1 fully saturated rings. The third kappa shape index (κ3) is 2.93. The summed E-state index contributed by atoms with van der Waals surface area (Å²) in [5.74, 6) is 0.414. The second-order valence-corrected chi connectivity index (χ2v) is 4.15. The fourth-order valence-electron chi connectivity index (χ4n) is 1.81. The summed E-state index contributed by atoms with van der Waals surface area (Å²) < 4.78 is 0. The normalized spacial score (nSPS) is 20.3. The number of nitrogens with one attached hydrogen (secondary N) is 2. The van der Waals surface area contributed by atoms with Gasteiger partial charge in [-0.1, -0.05) is 0 Å². The van der Waals surface area contributed by atoms with E-state index in [-0.39, 0.29) is 5.91 Å². The first-order chi connectivity index (χ1) is 8.70. The number of anilines is 1. The summed E-state index contributed by atoms with van der Waals surface area (Å²) in [7, 11) is 1.74. The summed E-state index contributed by atoms with van der Waals surface area (Å²) in [5, 5.41) is 15.5. The van der Waals surface area contributed by atoms with Crippen LogP contribution in [0.1, 0.15) is 10.5 Å². The van der Waals surface area contributed by atoms with Crippen molar-refractivity contribution >= 4 is 11.7 Å². The molecule has 3 N–H and O–H groups in total. The average molecular weight is 251 g/mol. The van der Waals surface area contributed by atoms with Gasteiger partial charge in [0.15, 0.2) is 0 Å².